The van der Waals surface area contributed by atoms with E-state index in [9.17, 15) is 4.79 Å². The fraction of sp³-hybridized carbons (Fsp3) is 0.929. The first kappa shape index (κ1) is 15.3. The summed E-state index contributed by atoms with van der Waals surface area (Å²) in [6.07, 6.45) is 2.28. The van der Waals surface area contributed by atoms with Gasteiger partial charge in [0.1, 0.15) is 5.60 Å². The standard InChI is InChI=1S/C14H28N2O2/c1-11(12-7-6-8-15-9-12)10-16(5)13(17)18-14(2,3)4/h11-12,15H,6-10H2,1-5H3. The Morgan fingerprint density at radius 2 is 2.17 bits per heavy atom. The van der Waals surface area contributed by atoms with Gasteiger partial charge in [0.05, 0.1) is 0 Å². The zero-order valence-electron chi connectivity index (χ0n) is 12.5. The van der Waals surface area contributed by atoms with Gasteiger partial charge in [-0.15, -0.1) is 0 Å². The van der Waals surface area contributed by atoms with Crippen LogP contribution in [-0.2, 0) is 4.74 Å². The van der Waals surface area contributed by atoms with Crippen molar-refractivity contribution in [1.82, 2.24) is 10.2 Å². The summed E-state index contributed by atoms with van der Waals surface area (Å²) in [7, 11) is 1.82. The Morgan fingerprint density at radius 3 is 2.67 bits per heavy atom. The summed E-state index contributed by atoms with van der Waals surface area (Å²) < 4.78 is 5.36. The summed E-state index contributed by atoms with van der Waals surface area (Å²) >= 11 is 0. The van der Waals surface area contributed by atoms with E-state index in [0.29, 0.717) is 11.8 Å². The minimum absolute atomic E-state index is 0.224. The molecule has 4 heteroatoms. The van der Waals surface area contributed by atoms with E-state index in [1.54, 1.807) is 4.90 Å². The molecule has 1 saturated heterocycles. The number of hydrogen-bond acceptors (Lipinski definition) is 3. The lowest BCUT2D eigenvalue weighted by molar-refractivity contribution is 0.0257. The maximum absolute atomic E-state index is 11.9. The van der Waals surface area contributed by atoms with Gasteiger partial charge in [0.2, 0.25) is 0 Å². The molecule has 0 spiro atoms. The lowest BCUT2D eigenvalue weighted by atomic mass is 9.87. The van der Waals surface area contributed by atoms with Gasteiger partial charge in [-0.1, -0.05) is 6.92 Å². The molecule has 0 aromatic rings. The largest absolute Gasteiger partial charge is 0.444 e. The van der Waals surface area contributed by atoms with E-state index in [1.165, 1.54) is 12.8 Å². The fourth-order valence-corrected chi connectivity index (χ4v) is 2.36. The average molecular weight is 256 g/mol. The van der Waals surface area contributed by atoms with Gasteiger partial charge in [-0.3, -0.25) is 0 Å². The normalized spacial score (nSPS) is 22.4. The molecule has 1 rings (SSSR count). The predicted molar refractivity (Wildman–Crippen MR) is 73.6 cm³/mol. The minimum atomic E-state index is -0.416. The third-order valence-electron chi connectivity index (χ3n) is 3.41. The Balaban J connectivity index is 2.38. The molecule has 1 aliphatic heterocycles. The average Bonchev–Trinajstić information content (AvgIpc) is 2.27. The fourth-order valence-electron chi connectivity index (χ4n) is 2.36. The molecular weight excluding hydrogens is 228 g/mol. The topological polar surface area (TPSA) is 41.6 Å². The van der Waals surface area contributed by atoms with Gasteiger partial charge in [0.15, 0.2) is 0 Å². The maximum Gasteiger partial charge on any atom is 0.410 e. The van der Waals surface area contributed by atoms with E-state index in [1.807, 2.05) is 27.8 Å². The Morgan fingerprint density at radius 1 is 1.50 bits per heavy atom. The highest BCUT2D eigenvalue weighted by Gasteiger charge is 2.25. The number of nitrogens with zero attached hydrogens (tertiary/aromatic N) is 1. The monoisotopic (exact) mass is 256 g/mol. The first-order chi connectivity index (χ1) is 8.29. The molecule has 0 saturated carbocycles. The second-order valence-electron chi connectivity index (χ2n) is 6.44. The van der Waals surface area contributed by atoms with Crippen LogP contribution in [0.15, 0.2) is 0 Å². The third kappa shape index (κ3) is 5.25. The van der Waals surface area contributed by atoms with Crippen LogP contribution in [0.2, 0.25) is 0 Å². The first-order valence-electron chi connectivity index (χ1n) is 6.94. The smallest absolute Gasteiger partial charge is 0.410 e. The van der Waals surface area contributed by atoms with Crippen molar-refractivity contribution in [3.8, 4) is 0 Å². The Hall–Kier alpha value is -0.770. The maximum atomic E-state index is 11.9. The molecule has 0 aromatic heterocycles. The molecular formula is C14H28N2O2. The number of piperidine rings is 1. The van der Waals surface area contributed by atoms with Gasteiger partial charge in [-0.2, -0.15) is 0 Å². The van der Waals surface area contributed by atoms with Crippen LogP contribution in [0, 0.1) is 11.8 Å². The number of amides is 1. The van der Waals surface area contributed by atoms with E-state index in [-0.39, 0.29) is 6.09 Å². The van der Waals surface area contributed by atoms with E-state index in [0.717, 1.165) is 19.6 Å². The highest BCUT2D eigenvalue weighted by molar-refractivity contribution is 5.67. The molecule has 0 radical (unpaired) electrons. The molecule has 106 valence electrons. The molecule has 18 heavy (non-hydrogen) atoms. The first-order valence-corrected chi connectivity index (χ1v) is 6.94. The van der Waals surface area contributed by atoms with Gasteiger partial charge < -0.3 is 15.0 Å². The van der Waals surface area contributed by atoms with Gasteiger partial charge in [0, 0.05) is 13.6 Å². The van der Waals surface area contributed by atoms with Gasteiger partial charge in [-0.25, -0.2) is 4.79 Å². The van der Waals surface area contributed by atoms with Gasteiger partial charge in [0.25, 0.3) is 0 Å². The summed E-state index contributed by atoms with van der Waals surface area (Å²) in [6.45, 7) is 10.9. The lowest BCUT2D eigenvalue weighted by Gasteiger charge is -2.32. The molecule has 2 atom stereocenters. The van der Waals surface area contributed by atoms with Crippen molar-refractivity contribution in [3.05, 3.63) is 0 Å². The third-order valence-corrected chi connectivity index (χ3v) is 3.41. The molecule has 0 aromatic carbocycles. The molecule has 0 bridgehead atoms. The number of carbonyl (C=O) groups is 1. The molecule has 4 nitrogen and oxygen atoms in total. The van der Waals surface area contributed by atoms with Crippen LogP contribution in [0.5, 0.6) is 0 Å². The molecule has 1 amide bonds. The summed E-state index contributed by atoms with van der Waals surface area (Å²) in [5.74, 6) is 1.18. The lowest BCUT2D eigenvalue weighted by Crippen LogP contribution is -2.41. The SMILES string of the molecule is CC(CN(C)C(=O)OC(C)(C)C)C1CCCNC1. The van der Waals surface area contributed by atoms with Crippen molar-refractivity contribution in [1.29, 1.82) is 0 Å². The molecule has 2 unspecified atom stereocenters. The van der Waals surface area contributed by atoms with E-state index >= 15 is 0 Å². The van der Waals surface area contributed by atoms with E-state index in [4.69, 9.17) is 4.74 Å². The summed E-state index contributed by atoms with van der Waals surface area (Å²) in [4.78, 5) is 13.6. The molecule has 1 fully saturated rings. The Kier molecular flexibility index (Phi) is 5.45. The minimum Gasteiger partial charge on any atom is -0.444 e. The molecule has 0 aliphatic carbocycles. The number of ether oxygens (including phenoxy) is 1. The Labute approximate surface area is 111 Å². The summed E-state index contributed by atoms with van der Waals surface area (Å²) in [5, 5.41) is 3.42. The van der Waals surface area contributed by atoms with E-state index in [2.05, 4.69) is 12.2 Å². The van der Waals surface area contributed by atoms with Crippen LogP contribution in [0.1, 0.15) is 40.5 Å². The van der Waals surface area contributed by atoms with Crippen LogP contribution in [0.25, 0.3) is 0 Å². The van der Waals surface area contributed by atoms with Crippen LogP contribution < -0.4 is 5.32 Å². The van der Waals surface area contributed by atoms with Crippen molar-refractivity contribution in [2.24, 2.45) is 11.8 Å². The van der Waals surface area contributed by atoms with Crippen LogP contribution in [-0.4, -0.2) is 43.3 Å². The summed E-state index contributed by atoms with van der Waals surface area (Å²) in [6, 6.07) is 0. The number of nitrogens with one attached hydrogen (secondary N) is 1. The molecule has 1 aliphatic rings. The van der Waals surface area contributed by atoms with Crippen LogP contribution in [0.4, 0.5) is 4.79 Å². The van der Waals surface area contributed by atoms with Crippen molar-refractivity contribution in [2.45, 2.75) is 46.1 Å². The van der Waals surface area contributed by atoms with Crippen molar-refractivity contribution >= 4 is 6.09 Å². The Bertz CT molecular complexity index is 267. The van der Waals surface area contributed by atoms with Gasteiger partial charge in [-0.05, 0) is 58.5 Å². The zero-order chi connectivity index (χ0) is 13.8. The number of rotatable bonds is 3. The molecule has 1 heterocycles. The molecule has 1 N–H and O–H groups in total. The van der Waals surface area contributed by atoms with Gasteiger partial charge >= 0.3 is 6.09 Å². The highest BCUT2D eigenvalue weighted by atomic mass is 16.6. The highest BCUT2D eigenvalue weighted by Crippen LogP contribution is 2.21. The van der Waals surface area contributed by atoms with Crippen molar-refractivity contribution < 1.29 is 9.53 Å². The van der Waals surface area contributed by atoms with Crippen molar-refractivity contribution in [2.75, 3.05) is 26.7 Å². The van der Waals surface area contributed by atoms with E-state index < -0.39 is 5.60 Å². The second-order valence-corrected chi connectivity index (χ2v) is 6.44. The summed E-state index contributed by atoms with van der Waals surface area (Å²) in [5.41, 5.74) is -0.416. The van der Waals surface area contributed by atoms with Crippen molar-refractivity contribution in [3.63, 3.8) is 0 Å². The second kappa shape index (κ2) is 6.41. The zero-order valence-corrected chi connectivity index (χ0v) is 12.5. The number of hydrogen-bond donors (Lipinski definition) is 1. The van der Waals surface area contributed by atoms with Crippen LogP contribution in [0.3, 0.4) is 0 Å². The van der Waals surface area contributed by atoms with Crippen LogP contribution >= 0.6 is 0 Å². The number of carbonyl (C=O) groups excluding carboxylic acids is 1. The quantitative estimate of drug-likeness (QED) is 0.843. The predicted octanol–water partition coefficient (Wildman–Crippen LogP) is 2.49.